The van der Waals surface area contributed by atoms with Gasteiger partial charge in [-0.2, -0.15) is 0 Å². The molecule has 0 aromatic rings. The second-order valence-corrected chi connectivity index (χ2v) is 4.20. The molecule has 18 heavy (non-hydrogen) atoms. The van der Waals surface area contributed by atoms with E-state index in [9.17, 15) is 9.59 Å². The topological polar surface area (TPSA) is 82.1 Å². The van der Waals surface area contributed by atoms with Gasteiger partial charge in [-0.25, -0.2) is 4.79 Å². The highest BCUT2D eigenvalue weighted by molar-refractivity contribution is 5.80. The number of aliphatic carboxylic acids is 1. The maximum atomic E-state index is 11.7. The molecule has 0 bridgehead atoms. The van der Waals surface area contributed by atoms with Crippen molar-refractivity contribution in [3.05, 3.63) is 0 Å². The van der Waals surface area contributed by atoms with Crippen LogP contribution in [0.2, 0.25) is 0 Å². The van der Waals surface area contributed by atoms with Gasteiger partial charge in [0.1, 0.15) is 6.54 Å². The first-order valence-corrected chi connectivity index (χ1v) is 5.85. The maximum absolute atomic E-state index is 11.7. The van der Waals surface area contributed by atoms with Gasteiger partial charge in [0.2, 0.25) is 0 Å². The molecule has 0 unspecified atom stereocenters. The average Bonchev–Trinajstić information content (AvgIpc) is 2.29. The zero-order valence-corrected chi connectivity index (χ0v) is 11.3. The van der Waals surface area contributed by atoms with E-state index in [1.54, 1.807) is 0 Å². The lowest BCUT2D eigenvalue weighted by Gasteiger charge is -2.21. The van der Waals surface area contributed by atoms with Crippen molar-refractivity contribution in [1.82, 2.24) is 15.1 Å². The number of ether oxygens (including phenoxy) is 1. The van der Waals surface area contributed by atoms with Crippen LogP contribution in [0.5, 0.6) is 0 Å². The Labute approximate surface area is 108 Å². The van der Waals surface area contributed by atoms with Gasteiger partial charge in [-0.3, -0.25) is 4.79 Å². The number of nitrogens with one attached hydrogen (secondary N) is 1. The first-order valence-electron chi connectivity index (χ1n) is 5.85. The molecule has 0 aromatic carbocycles. The van der Waals surface area contributed by atoms with Crippen LogP contribution in [0.1, 0.15) is 6.42 Å². The van der Waals surface area contributed by atoms with Crippen molar-refractivity contribution >= 4 is 12.0 Å². The zero-order chi connectivity index (χ0) is 14.0. The largest absolute Gasteiger partial charge is 0.480 e. The predicted octanol–water partition coefficient (Wildman–Crippen LogP) is -0.319. The normalized spacial score (nSPS) is 10.4. The smallest absolute Gasteiger partial charge is 0.323 e. The van der Waals surface area contributed by atoms with E-state index < -0.39 is 5.97 Å². The highest BCUT2D eigenvalue weighted by Gasteiger charge is 2.15. The van der Waals surface area contributed by atoms with E-state index in [0.29, 0.717) is 13.2 Å². The van der Waals surface area contributed by atoms with E-state index >= 15 is 0 Å². The van der Waals surface area contributed by atoms with Crippen LogP contribution in [-0.4, -0.2) is 80.9 Å². The summed E-state index contributed by atoms with van der Waals surface area (Å²) in [6.07, 6.45) is 0.823. The molecule has 0 aliphatic heterocycles. The SMILES string of the molecule is COCCN(CC(=O)O)C(=O)NCCCN(C)C. The number of carbonyl (C=O) groups excluding carboxylic acids is 1. The van der Waals surface area contributed by atoms with Crippen molar-refractivity contribution in [3.8, 4) is 0 Å². The first-order chi connectivity index (χ1) is 8.47. The van der Waals surface area contributed by atoms with E-state index in [0.717, 1.165) is 13.0 Å². The Morgan fingerprint density at radius 1 is 1.28 bits per heavy atom. The van der Waals surface area contributed by atoms with Gasteiger partial charge in [0.25, 0.3) is 0 Å². The zero-order valence-electron chi connectivity index (χ0n) is 11.3. The average molecular weight is 261 g/mol. The van der Waals surface area contributed by atoms with Crippen molar-refractivity contribution in [3.63, 3.8) is 0 Å². The van der Waals surface area contributed by atoms with Crippen LogP contribution >= 0.6 is 0 Å². The van der Waals surface area contributed by atoms with E-state index in [2.05, 4.69) is 5.32 Å². The summed E-state index contributed by atoms with van der Waals surface area (Å²) in [4.78, 5) is 25.6. The summed E-state index contributed by atoms with van der Waals surface area (Å²) in [5, 5.41) is 11.4. The third-order valence-electron chi connectivity index (χ3n) is 2.24. The summed E-state index contributed by atoms with van der Waals surface area (Å²) in [7, 11) is 5.42. The molecular formula is C11H23N3O4. The molecular weight excluding hydrogens is 238 g/mol. The third kappa shape index (κ3) is 8.77. The lowest BCUT2D eigenvalue weighted by atomic mass is 10.4. The number of carboxylic acids is 1. The Hall–Kier alpha value is -1.34. The molecule has 0 spiro atoms. The van der Waals surface area contributed by atoms with Crippen LogP contribution in [0.4, 0.5) is 4.79 Å². The molecule has 7 heteroatoms. The van der Waals surface area contributed by atoms with Crippen LogP contribution < -0.4 is 5.32 Å². The second kappa shape index (κ2) is 9.67. The lowest BCUT2D eigenvalue weighted by Crippen LogP contribution is -2.44. The van der Waals surface area contributed by atoms with Gasteiger partial charge in [-0.1, -0.05) is 0 Å². The van der Waals surface area contributed by atoms with Crippen LogP contribution in [-0.2, 0) is 9.53 Å². The Morgan fingerprint density at radius 2 is 1.94 bits per heavy atom. The number of methoxy groups -OCH3 is 1. The summed E-state index contributed by atoms with van der Waals surface area (Å²) in [6, 6.07) is -0.367. The van der Waals surface area contributed by atoms with Crippen LogP contribution in [0.25, 0.3) is 0 Å². The summed E-state index contributed by atoms with van der Waals surface area (Å²) in [5.74, 6) is -1.03. The second-order valence-electron chi connectivity index (χ2n) is 4.20. The molecule has 0 aliphatic carbocycles. The van der Waals surface area contributed by atoms with Crippen molar-refractivity contribution < 1.29 is 19.4 Å². The molecule has 0 heterocycles. The van der Waals surface area contributed by atoms with Gasteiger partial charge in [-0.15, -0.1) is 0 Å². The van der Waals surface area contributed by atoms with E-state index in [-0.39, 0.29) is 19.1 Å². The number of hydrogen-bond donors (Lipinski definition) is 2. The van der Waals surface area contributed by atoms with Crippen molar-refractivity contribution in [1.29, 1.82) is 0 Å². The van der Waals surface area contributed by atoms with Gasteiger partial charge in [0, 0.05) is 20.2 Å². The maximum Gasteiger partial charge on any atom is 0.323 e. The first kappa shape index (κ1) is 16.7. The number of nitrogens with zero attached hydrogens (tertiary/aromatic N) is 2. The molecule has 0 saturated heterocycles. The van der Waals surface area contributed by atoms with E-state index in [1.165, 1.54) is 12.0 Å². The van der Waals surface area contributed by atoms with E-state index in [4.69, 9.17) is 9.84 Å². The van der Waals surface area contributed by atoms with Crippen molar-refractivity contribution in [2.75, 3.05) is 54.0 Å². The minimum Gasteiger partial charge on any atom is -0.480 e. The van der Waals surface area contributed by atoms with Gasteiger partial charge < -0.3 is 25.0 Å². The number of urea groups is 1. The Balaban J connectivity index is 3.99. The fraction of sp³-hybridized carbons (Fsp3) is 0.818. The number of rotatable bonds is 9. The van der Waals surface area contributed by atoms with E-state index in [1.807, 2.05) is 19.0 Å². The standard InChI is InChI=1S/C11H23N3O4/c1-13(2)6-4-5-12-11(17)14(7-8-18-3)9-10(15)16/h4-9H2,1-3H3,(H,12,17)(H,15,16). The number of carboxylic acid groups (broad SMARTS) is 1. The van der Waals surface area contributed by atoms with Gasteiger partial charge in [0.15, 0.2) is 0 Å². The molecule has 2 N–H and O–H groups in total. The summed E-state index contributed by atoms with van der Waals surface area (Å²) < 4.78 is 4.84. The molecule has 0 rings (SSSR count). The monoisotopic (exact) mass is 261 g/mol. The quantitative estimate of drug-likeness (QED) is 0.556. The van der Waals surface area contributed by atoms with Gasteiger partial charge >= 0.3 is 12.0 Å². The third-order valence-corrected chi connectivity index (χ3v) is 2.24. The summed E-state index contributed by atoms with van der Waals surface area (Å²) in [6.45, 7) is 1.67. The predicted molar refractivity (Wildman–Crippen MR) is 67.7 cm³/mol. The fourth-order valence-electron chi connectivity index (χ4n) is 1.32. The van der Waals surface area contributed by atoms with Crippen LogP contribution in [0, 0.1) is 0 Å². The molecule has 0 radical (unpaired) electrons. The van der Waals surface area contributed by atoms with Crippen LogP contribution in [0.15, 0.2) is 0 Å². The highest BCUT2D eigenvalue weighted by Crippen LogP contribution is 1.91. The molecule has 0 fully saturated rings. The fourth-order valence-corrected chi connectivity index (χ4v) is 1.32. The molecule has 0 atom stereocenters. The lowest BCUT2D eigenvalue weighted by molar-refractivity contribution is -0.137. The molecule has 106 valence electrons. The number of amides is 2. The van der Waals surface area contributed by atoms with Gasteiger partial charge in [-0.05, 0) is 27.1 Å². The number of hydrogen-bond acceptors (Lipinski definition) is 4. The molecule has 0 saturated carbocycles. The summed E-state index contributed by atoms with van der Waals surface area (Å²) in [5.41, 5.74) is 0. The highest BCUT2D eigenvalue weighted by atomic mass is 16.5. The number of carbonyl (C=O) groups is 2. The Bertz CT molecular complexity index is 259. The Kier molecular flexibility index (Phi) is 8.95. The van der Waals surface area contributed by atoms with Crippen molar-refractivity contribution in [2.24, 2.45) is 0 Å². The van der Waals surface area contributed by atoms with Crippen LogP contribution in [0.3, 0.4) is 0 Å². The Morgan fingerprint density at radius 3 is 2.44 bits per heavy atom. The minimum absolute atomic E-state index is 0.266. The van der Waals surface area contributed by atoms with Crippen molar-refractivity contribution in [2.45, 2.75) is 6.42 Å². The molecule has 7 nitrogen and oxygen atoms in total. The minimum atomic E-state index is -1.03. The molecule has 0 aliphatic rings. The summed E-state index contributed by atoms with van der Waals surface area (Å²) >= 11 is 0. The molecule has 0 aromatic heterocycles. The molecule has 2 amide bonds. The van der Waals surface area contributed by atoms with Gasteiger partial charge in [0.05, 0.1) is 6.61 Å².